The molecule has 2 aromatic heterocycles. The number of hydrogen-bond acceptors (Lipinski definition) is 4. The monoisotopic (exact) mass is 246 g/mol. The van der Waals surface area contributed by atoms with E-state index in [9.17, 15) is 5.11 Å². The quantitative estimate of drug-likeness (QED) is 0.872. The third-order valence-corrected chi connectivity index (χ3v) is 3.61. The lowest BCUT2D eigenvalue weighted by Gasteiger charge is -2.12. The van der Waals surface area contributed by atoms with Crippen LogP contribution in [0.5, 0.6) is 0 Å². The number of likely N-dealkylation sites (N-methyl/N-ethyl adjacent to an activating group) is 1. The number of likely N-dealkylation sites (tertiary alicyclic amines) is 1. The highest BCUT2D eigenvalue weighted by atomic mass is 16.3. The topological polar surface area (TPSA) is 54.2 Å². The van der Waals surface area contributed by atoms with Crippen LogP contribution in [-0.4, -0.2) is 51.3 Å². The summed E-state index contributed by atoms with van der Waals surface area (Å²) < 4.78 is 2.07. The third kappa shape index (κ3) is 1.89. The van der Waals surface area contributed by atoms with E-state index >= 15 is 0 Å². The van der Waals surface area contributed by atoms with Crippen LogP contribution >= 0.6 is 0 Å². The van der Waals surface area contributed by atoms with Crippen LogP contribution in [-0.2, 0) is 6.54 Å². The highest BCUT2D eigenvalue weighted by Crippen LogP contribution is 2.27. The zero-order chi connectivity index (χ0) is 12.5. The van der Waals surface area contributed by atoms with E-state index in [1.54, 1.807) is 6.20 Å². The molecule has 1 N–H and O–H groups in total. The summed E-state index contributed by atoms with van der Waals surface area (Å²) in [6.45, 7) is 2.84. The summed E-state index contributed by atoms with van der Waals surface area (Å²) in [5, 5.41) is 9.23. The van der Waals surface area contributed by atoms with E-state index in [1.807, 2.05) is 12.1 Å². The first-order valence-electron chi connectivity index (χ1n) is 6.40. The van der Waals surface area contributed by atoms with Crippen molar-refractivity contribution in [2.24, 2.45) is 0 Å². The molecule has 0 spiro atoms. The molecule has 1 aliphatic rings. The second kappa shape index (κ2) is 4.66. The summed E-state index contributed by atoms with van der Waals surface area (Å²) >= 11 is 0. The number of aliphatic hydroxyl groups excluding tert-OH is 1. The summed E-state index contributed by atoms with van der Waals surface area (Å²) in [5.41, 5.74) is 1.81. The first kappa shape index (κ1) is 11.6. The molecule has 0 radical (unpaired) electrons. The van der Waals surface area contributed by atoms with Gasteiger partial charge >= 0.3 is 0 Å². The predicted molar refractivity (Wildman–Crippen MR) is 69.5 cm³/mol. The zero-order valence-electron chi connectivity index (χ0n) is 10.6. The van der Waals surface area contributed by atoms with E-state index in [2.05, 4.69) is 21.5 Å². The highest BCUT2D eigenvalue weighted by Gasteiger charge is 2.26. The van der Waals surface area contributed by atoms with Gasteiger partial charge in [-0.15, -0.1) is 0 Å². The van der Waals surface area contributed by atoms with E-state index in [-0.39, 0.29) is 6.61 Å². The predicted octanol–water partition coefficient (Wildman–Crippen LogP) is 0.843. The Hall–Kier alpha value is -1.46. The van der Waals surface area contributed by atoms with Crippen LogP contribution in [0.25, 0.3) is 11.2 Å². The maximum Gasteiger partial charge on any atom is 0.160 e. The molecule has 1 fully saturated rings. The van der Waals surface area contributed by atoms with Gasteiger partial charge in [0, 0.05) is 25.2 Å². The maximum absolute atomic E-state index is 9.23. The second-order valence-electron chi connectivity index (χ2n) is 4.94. The molecule has 0 amide bonds. The molecule has 0 aliphatic carbocycles. The molecule has 18 heavy (non-hydrogen) atoms. The Morgan fingerprint density at radius 2 is 2.39 bits per heavy atom. The normalized spacial score (nSPS) is 20.9. The van der Waals surface area contributed by atoms with Crippen LogP contribution in [0.2, 0.25) is 0 Å². The van der Waals surface area contributed by atoms with Crippen molar-refractivity contribution in [3.05, 3.63) is 24.2 Å². The fourth-order valence-electron chi connectivity index (χ4n) is 2.75. The second-order valence-corrected chi connectivity index (χ2v) is 4.94. The van der Waals surface area contributed by atoms with E-state index in [4.69, 9.17) is 4.98 Å². The maximum atomic E-state index is 9.23. The molecule has 2 aromatic rings. The number of aliphatic hydroxyl groups is 1. The number of imidazole rings is 1. The molecule has 5 nitrogen and oxygen atoms in total. The Bertz CT molecular complexity index is 551. The van der Waals surface area contributed by atoms with Gasteiger partial charge in [-0.05, 0) is 32.1 Å². The van der Waals surface area contributed by atoms with Gasteiger partial charge in [0.25, 0.3) is 0 Å². The fourth-order valence-corrected chi connectivity index (χ4v) is 2.75. The van der Waals surface area contributed by atoms with Gasteiger partial charge < -0.3 is 14.6 Å². The summed E-state index contributed by atoms with van der Waals surface area (Å²) in [6, 6.07) is 3.89. The van der Waals surface area contributed by atoms with Gasteiger partial charge in [0.1, 0.15) is 11.3 Å². The Balaban J connectivity index is 2.06. The third-order valence-electron chi connectivity index (χ3n) is 3.61. The standard InChI is InChI=1S/C13H18N4O/c1-16-6-4-10(9-16)12-15-11-3-2-5-14-13(11)17(12)7-8-18/h2-3,5,10,18H,4,6-9H2,1H3. The molecule has 3 rings (SSSR count). The van der Waals surface area contributed by atoms with Gasteiger partial charge in [-0.2, -0.15) is 0 Å². The van der Waals surface area contributed by atoms with Crippen molar-refractivity contribution in [2.45, 2.75) is 18.9 Å². The minimum atomic E-state index is 0.123. The van der Waals surface area contributed by atoms with Gasteiger partial charge in [-0.1, -0.05) is 0 Å². The molecule has 5 heteroatoms. The zero-order valence-corrected chi connectivity index (χ0v) is 10.6. The Kier molecular flexibility index (Phi) is 3.01. The first-order chi connectivity index (χ1) is 8.79. The van der Waals surface area contributed by atoms with Crippen molar-refractivity contribution < 1.29 is 5.11 Å². The van der Waals surface area contributed by atoms with Crippen molar-refractivity contribution in [1.82, 2.24) is 19.4 Å². The summed E-state index contributed by atoms with van der Waals surface area (Å²) in [6.07, 6.45) is 2.91. The van der Waals surface area contributed by atoms with Crippen LogP contribution in [0.4, 0.5) is 0 Å². The smallest absolute Gasteiger partial charge is 0.160 e. The summed E-state index contributed by atoms with van der Waals surface area (Å²) in [7, 11) is 2.14. The molecule has 0 aromatic carbocycles. The van der Waals surface area contributed by atoms with Gasteiger partial charge in [0.2, 0.25) is 0 Å². The van der Waals surface area contributed by atoms with Gasteiger partial charge in [0.05, 0.1) is 6.61 Å². The van der Waals surface area contributed by atoms with Crippen LogP contribution < -0.4 is 0 Å². The molecule has 3 heterocycles. The number of hydrogen-bond donors (Lipinski definition) is 1. The molecule has 1 atom stereocenters. The van der Waals surface area contributed by atoms with Crippen molar-refractivity contribution in [2.75, 3.05) is 26.7 Å². The minimum absolute atomic E-state index is 0.123. The lowest BCUT2D eigenvalue weighted by molar-refractivity contribution is 0.274. The highest BCUT2D eigenvalue weighted by molar-refractivity contribution is 5.71. The first-order valence-corrected chi connectivity index (χ1v) is 6.40. The van der Waals surface area contributed by atoms with Crippen LogP contribution in [0, 0.1) is 0 Å². The molecule has 1 aliphatic heterocycles. The van der Waals surface area contributed by atoms with E-state index < -0.39 is 0 Å². The lowest BCUT2D eigenvalue weighted by Crippen LogP contribution is -2.16. The van der Waals surface area contributed by atoms with E-state index in [1.165, 1.54) is 0 Å². The SMILES string of the molecule is CN1CCC(c2nc3cccnc3n2CCO)C1. The van der Waals surface area contributed by atoms with Crippen LogP contribution in [0.15, 0.2) is 18.3 Å². The number of pyridine rings is 1. The van der Waals surface area contributed by atoms with Gasteiger partial charge in [-0.25, -0.2) is 9.97 Å². The summed E-state index contributed by atoms with van der Waals surface area (Å²) in [4.78, 5) is 11.4. The Morgan fingerprint density at radius 3 is 3.11 bits per heavy atom. The Labute approximate surface area is 106 Å². The summed E-state index contributed by atoms with van der Waals surface area (Å²) in [5.74, 6) is 1.53. The van der Waals surface area contributed by atoms with Crippen molar-refractivity contribution in [3.8, 4) is 0 Å². The molecule has 0 bridgehead atoms. The molecular formula is C13H18N4O. The number of fused-ring (bicyclic) bond motifs is 1. The van der Waals surface area contributed by atoms with Crippen LogP contribution in [0.3, 0.4) is 0 Å². The van der Waals surface area contributed by atoms with E-state index in [0.717, 1.165) is 36.5 Å². The number of rotatable bonds is 3. The van der Waals surface area contributed by atoms with Gasteiger partial charge in [-0.3, -0.25) is 0 Å². The Morgan fingerprint density at radius 1 is 1.50 bits per heavy atom. The molecular weight excluding hydrogens is 228 g/mol. The van der Waals surface area contributed by atoms with Gasteiger partial charge in [0.15, 0.2) is 5.65 Å². The average molecular weight is 246 g/mol. The number of nitrogens with zero attached hydrogens (tertiary/aromatic N) is 4. The average Bonchev–Trinajstić information content (AvgIpc) is 2.95. The molecule has 1 unspecified atom stereocenters. The molecule has 1 saturated heterocycles. The fraction of sp³-hybridized carbons (Fsp3) is 0.538. The van der Waals surface area contributed by atoms with Crippen molar-refractivity contribution >= 4 is 11.2 Å². The molecule has 96 valence electrons. The minimum Gasteiger partial charge on any atom is -0.395 e. The van der Waals surface area contributed by atoms with E-state index in [0.29, 0.717) is 12.5 Å². The van der Waals surface area contributed by atoms with Crippen molar-refractivity contribution in [3.63, 3.8) is 0 Å². The lowest BCUT2D eigenvalue weighted by atomic mass is 10.1. The largest absolute Gasteiger partial charge is 0.395 e. The van der Waals surface area contributed by atoms with Crippen LogP contribution in [0.1, 0.15) is 18.2 Å². The van der Waals surface area contributed by atoms with Crippen molar-refractivity contribution in [1.29, 1.82) is 0 Å². The molecule has 0 saturated carbocycles. The number of aromatic nitrogens is 3.